The minimum absolute atomic E-state index is 0.491. The average molecular weight is 296 g/mol. The van der Waals surface area contributed by atoms with Crippen LogP contribution in [0.15, 0.2) is 42.5 Å². The number of benzene rings is 2. The van der Waals surface area contributed by atoms with Gasteiger partial charge in [0.05, 0.1) is 7.11 Å². The molecule has 1 atom stereocenters. The molecule has 0 saturated carbocycles. The largest absolute Gasteiger partial charge is 0.496 e. The fraction of sp³-hybridized carbons (Fsp3) is 0.222. The van der Waals surface area contributed by atoms with E-state index in [1.807, 2.05) is 30.3 Å². The number of aliphatic hydroxyl groups is 1. The van der Waals surface area contributed by atoms with E-state index in [1.54, 1.807) is 19.2 Å². The minimum Gasteiger partial charge on any atom is -0.496 e. The molecule has 2 aromatic carbocycles. The number of aliphatic hydroxyl groups excluding tert-OH is 1. The van der Waals surface area contributed by atoms with Crippen molar-refractivity contribution in [3.05, 3.63) is 53.6 Å². The molecule has 0 fully saturated rings. The van der Waals surface area contributed by atoms with E-state index in [9.17, 15) is 5.11 Å². The van der Waals surface area contributed by atoms with Crippen LogP contribution in [-0.4, -0.2) is 25.4 Å². The lowest BCUT2D eigenvalue weighted by molar-refractivity contribution is 0.169. The van der Waals surface area contributed by atoms with Crippen molar-refractivity contribution >= 4 is 0 Å². The maximum atomic E-state index is 10.3. The molecule has 0 amide bonds. The fourth-order valence-electron chi connectivity index (χ4n) is 2.23. The molecule has 0 aliphatic carbocycles. The van der Waals surface area contributed by atoms with Gasteiger partial charge < -0.3 is 19.3 Å². The molecule has 1 heterocycles. The van der Waals surface area contributed by atoms with Crippen molar-refractivity contribution in [2.75, 3.05) is 20.3 Å². The normalized spacial score (nSPS) is 13.7. The number of rotatable bonds is 2. The van der Waals surface area contributed by atoms with E-state index in [4.69, 9.17) is 14.2 Å². The van der Waals surface area contributed by atoms with Crippen LogP contribution in [0.2, 0.25) is 0 Å². The van der Waals surface area contributed by atoms with Crippen LogP contribution in [0.25, 0.3) is 0 Å². The molecule has 0 aromatic heterocycles. The topological polar surface area (TPSA) is 47.9 Å². The Hall–Kier alpha value is -2.64. The average Bonchev–Trinajstić information content (AvgIpc) is 2.59. The molecule has 112 valence electrons. The van der Waals surface area contributed by atoms with E-state index in [0.717, 1.165) is 5.56 Å². The first-order valence-electron chi connectivity index (χ1n) is 7.00. The van der Waals surface area contributed by atoms with E-state index in [2.05, 4.69) is 11.8 Å². The van der Waals surface area contributed by atoms with E-state index in [0.29, 0.717) is 36.0 Å². The van der Waals surface area contributed by atoms with Crippen molar-refractivity contribution in [2.24, 2.45) is 0 Å². The van der Waals surface area contributed by atoms with Crippen molar-refractivity contribution in [1.29, 1.82) is 0 Å². The van der Waals surface area contributed by atoms with E-state index in [1.165, 1.54) is 0 Å². The van der Waals surface area contributed by atoms with Crippen molar-refractivity contribution in [1.82, 2.24) is 0 Å². The lowest BCUT2D eigenvalue weighted by atomic mass is 10.1. The standard InChI is InChI=1S/C18H16O4/c1-20-16-12-18-17(21-9-10-22-18)11-14(16)15(19)8-7-13-5-3-2-4-6-13/h2-6,11-12,15,19H,9-10H2,1H3. The van der Waals surface area contributed by atoms with Crippen LogP contribution in [0, 0.1) is 11.8 Å². The molecule has 22 heavy (non-hydrogen) atoms. The Bertz CT molecular complexity index is 713. The van der Waals surface area contributed by atoms with Gasteiger partial charge in [0.25, 0.3) is 0 Å². The van der Waals surface area contributed by atoms with Crippen molar-refractivity contribution in [2.45, 2.75) is 6.10 Å². The molecule has 0 spiro atoms. The highest BCUT2D eigenvalue weighted by Crippen LogP contribution is 2.39. The Morgan fingerprint density at radius 2 is 1.77 bits per heavy atom. The second-order valence-electron chi connectivity index (χ2n) is 4.78. The van der Waals surface area contributed by atoms with Crippen LogP contribution in [0.5, 0.6) is 17.2 Å². The Morgan fingerprint density at radius 1 is 1.09 bits per heavy atom. The van der Waals surface area contributed by atoms with Gasteiger partial charge in [-0.15, -0.1) is 0 Å². The van der Waals surface area contributed by atoms with Crippen LogP contribution in [0.1, 0.15) is 17.2 Å². The van der Waals surface area contributed by atoms with E-state index < -0.39 is 6.10 Å². The Kier molecular flexibility index (Phi) is 4.17. The van der Waals surface area contributed by atoms with Crippen molar-refractivity contribution in [3.63, 3.8) is 0 Å². The monoisotopic (exact) mass is 296 g/mol. The number of hydrogen-bond acceptors (Lipinski definition) is 4. The van der Waals surface area contributed by atoms with E-state index in [-0.39, 0.29) is 0 Å². The van der Waals surface area contributed by atoms with Gasteiger partial charge in [-0.25, -0.2) is 0 Å². The molecule has 1 unspecified atom stereocenters. The van der Waals surface area contributed by atoms with Gasteiger partial charge in [-0.05, 0) is 18.2 Å². The van der Waals surface area contributed by atoms with Gasteiger partial charge in [0, 0.05) is 17.2 Å². The first kappa shape index (κ1) is 14.3. The van der Waals surface area contributed by atoms with Crippen LogP contribution >= 0.6 is 0 Å². The van der Waals surface area contributed by atoms with Crippen molar-refractivity contribution in [3.8, 4) is 29.1 Å². The predicted molar refractivity (Wildman–Crippen MR) is 82.3 cm³/mol. The van der Waals surface area contributed by atoms with Gasteiger partial charge in [0.15, 0.2) is 11.5 Å². The third kappa shape index (κ3) is 3.00. The second-order valence-corrected chi connectivity index (χ2v) is 4.78. The fourth-order valence-corrected chi connectivity index (χ4v) is 2.23. The molecule has 0 bridgehead atoms. The zero-order valence-corrected chi connectivity index (χ0v) is 12.2. The summed E-state index contributed by atoms with van der Waals surface area (Å²) in [5.41, 5.74) is 1.41. The van der Waals surface area contributed by atoms with Gasteiger partial charge >= 0.3 is 0 Å². The quantitative estimate of drug-likeness (QED) is 0.865. The first-order chi connectivity index (χ1) is 10.8. The Balaban J connectivity index is 1.91. The van der Waals surface area contributed by atoms with Gasteiger partial charge in [0.1, 0.15) is 25.1 Å². The highest BCUT2D eigenvalue weighted by Gasteiger charge is 2.19. The van der Waals surface area contributed by atoms with Gasteiger partial charge in [-0.1, -0.05) is 30.0 Å². The first-order valence-corrected chi connectivity index (χ1v) is 7.00. The molecule has 3 rings (SSSR count). The molecular weight excluding hydrogens is 280 g/mol. The number of hydrogen-bond donors (Lipinski definition) is 1. The predicted octanol–water partition coefficient (Wildman–Crippen LogP) is 2.55. The lowest BCUT2D eigenvalue weighted by Gasteiger charge is -2.21. The summed E-state index contributed by atoms with van der Waals surface area (Å²) in [5.74, 6) is 7.52. The van der Waals surface area contributed by atoms with Gasteiger partial charge in [-0.2, -0.15) is 0 Å². The minimum atomic E-state index is -0.967. The number of methoxy groups -OCH3 is 1. The van der Waals surface area contributed by atoms with Crippen LogP contribution in [0.3, 0.4) is 0 Å². The zero-order valence-electron chi connectivity index (χ0n) is 12.2. The smallest absolute Gasteiger partial charge is 0.165 e. The summed E-state index contributed by atoms with van der Waals surface area (Å²) in [7, 11) is 1.55. The van der Waals surface area contributed by atoms with Crippen molar-refractivity contribution < 1.29 is 19.3 Å². The molecule has 4 heteroatoms. The number of fused-ring (bicyclic) bond motifs is 1. The molecule has 0 saturated heterocycles. The molecule has 1 N–H and O–H groups in total. The zero-order chi connectivity index (χ0) is 15.4. The molecule has 1 aliphatic heterocycles. The van der Waals surface area contributed by atoms with Gasteiger partial charge in [-0.3, -0.25) is 0 Å². The third-order valence-electron chi connectivity index (χ3n) is 3.32. The molecule has 2 aromatic rings. The second kappa shape index (κ2) is 6.42. The molecule has 4 nitrogen and oxygen atoms in total. The highest BCUT2D eigenvalue weighted by molar-refractivity contribution is 5.53. The highest BCUT2D eigenvalue weighted by atomic mass is 16.6. The van der Waals surface area contributed by atoms with Crippen LogP contribution in [0.4, 0.5) is 0 Å². The maximum Gasteiger partial charge on any atom is 0.165 e. The molecular formula is C18H16O4. The lowest BCUT2D eigenvalue weighted by Crippen LogP contribution is -2.16. The summed E-state index contributed by atoms with van der Waals surface area (Å²) in [6.07, 6.45) is -0.967. The van der Waals surface area contributed by atoms with Crippen LogP contribution < -0.4 is 14.2 Å². The van der Waals surface area contributed by atoms with Gasteiger partial charge in [0.2, 0.25) is 0 Å². The summed E-state index contributed by atoms with van der Waals surface area (Å²) in [6, 6.07) is 12.9. The summed E-state index contributed by atoms with van der Waals surface area (Å²) >= 11 is 0. The summed E-state index contributed by atoms with van der Waals surface area (Å²) in [4.78, 5) is 0. The third-order valence-corrected chi connectivity index (χ3v) is 3.32. The van der Waals surface area contributed by atoms with E-state index >= 15 is 0 Å². The SMILES string of the molecule is COc1cc2c(cc1C(O)C#Cc1ccccc1)OCCO2. The van der Waals surface area contributed by atoms with Crippen LogP contribution in [-0.2, 0) is 0 Å². The Morgan fingerprint density at radius 3 is 2.45 bits per heavy atom. The molecule has 0 radical (unpaired) electrons. The Labute approximate surface area is 129 Å². The summed E-state index contributed by atoms with van der Waals surface area (Å²) in [6.45, 7) is 0.996. The summed E-state index contributed by atoms with van der Waals surface area (Å²) < 4.78 is 16.4. The molecule has 1 aliphatic rings. The summed E-state index contributed by atoms with van der Waals surface area (Å²) in [5, 5.41) is 10.3. The number of ether oxygens (including phenoxy) is 3. The maximum absolute atomic E-state index is 10.3.